The van der Waals surface area contributed by atoms with Gasteiger partial charge in [0.15, 0.2) is 5.16 Å². The standard InChI is InChI=1S/C24H28N4OS/c1-16(2)13-27(14-17(3)4)22(29)15-30-24-26-19-10-6-5-9-18(19)23-25-20-11-7-8-12-21(20)28(23)24/h5-12,16-17H,13-15H2,1-4H3. The number of imidazole rings is 1. The van der Waals surface area contributed by atoms with Crippen molar-refractivity contribution >= 4 is 45.3 Å². The van der Waals surface area contributed by atoms with E-state index in [2.05, 4.69) is 44.2 Å². The minimum atomic E-state index is 0.162. The Hall–Kier alpha value is -2.60. The summed E-state index contributed by atoms with van der Waals surface area (Å²) in [5, 5.41) is 1.82. The molecule has 0 unspecified atom stereocenters. The highest BCUT2D eigenvalue weighted by molar-refractivity contribution is 7.99. The summed E-state index contributed by atoms with van der Waals surface area (Å²) >= 11 is 1.50. The zero-order valence-corrected chi connectivity index (χ0v) is 18.8. The van der Waals surface area contributed by atoms with Crippen molar-refractivity contribution in [3.05, 3.63) is 48.5 Å². The third-order valence-electron chi connectivity index (χ3n) is 4.96. The SMILES string of the molecule is CC(C)CN(CC(C)C)C(=O)CSc1nc2ccccc2c2nc3ccccc3n12. The average molecular weight is 421 g/mol. The van der Waals surface area contributed by atoms with E-state index in [1.165, 1.54) is 11.8 Å². The lowest BCUT2D eigenvalue weighted by atomic mass is 10.1. The van der Waals surface area contributed by atoms with Crippen LogP contribution in [0.4, 0.5) is 0 Å². The molecule has 4 rings (SSSR count). The van der Waals surface area contributed by atoms with Crippen molar-refractivity contribution in [1.29, 1.82) is 0 Å². The molecule has 0 radical (unpaired) electrons. The lowest BCUT2D eigenvalue weighted by Crippen LogP contribution is -2.38. The molecular formula is C24H28N4OS. The molecular weight excluding hydrogens is 392 g/mol. The molecule has 2 aromatic carbocycles. The third kappa shape index (κ3) is 4.15. The summed E-state index contributed by atoms with van der Waals surface area (Å²) in [6, 6.07) is 16.1. The van der Waals surface area contributed by atoms with Crippen LogP contribution in [0.1, 0.15) is 27.7 Å². The Kier molecular flexibility index (Phi) is 5.95. The molecule has 4 aromatic rings. The molecule has 0 N–H and O–H groups in total. The van der Waals surface area contributed by atoms with Crippen molar-refractivity contribution < 1.29 is 4.79 Å². The van der Waals surface area contributed by atoms with Crippen LogP contribution in [-0.2, 0) is 4.79 Å². The fourth-order valence-corrected chi connectivity index (χ4v) is 4.70. The Bertz CT molecular complexity index is 1190. The van der Waals surface area contributed by atoms with Crippen molar-refractivity contribution in [2.75, 3.05) is 18.8 Å². The first-order valence-corrected chi connectivity index (χ1v) is 11.5. The molecule has 30 heavy (non-hydrogen) atoms. The summed E-state index contributed by atoms with van der Waals surface area (Å²) in [6.07, 6.45) is 0. The number of benzene rings is 2. The molecule has 0 aliphatic carbocycles. The Labute approximate surface area is 181 Å². The first kappa shape index (κ1) is 20.7. The van der Waals surface area contributed by atoms with Crippen LogP contribution in [-0.4, -0.2) is 44.0 Å². The van der Waals surface area contributed by atoms with Gasteiger partial charge in [0.05, 0.1) is 22.3 Å². The molecule has 0 fully saturated rings. The fraction of sp³-hybridized carbons (Fsp3) is 0.375. The topological polar surface area (TPSA) is 50.5 Å². The van der Waals surface area contributed by atoms with Gasteiger partial charge in [-0.2, -0.15) is 0 Å². The normalized spacial score (nSPS) is 11.9. The van der Waals surface area contributed by atoms with Gasteiger partial charge in [0, 0.05) is 18.5 Å². The van der Waals surface area contributed by atoms with Gasteiger partial charge in [0.1, 0.15) is 5.65 Å². The van der Waals surface area contributed by atoms with Crippen LogP contribution in [0.5, 0.6) is 0 Å². The number of amides is 1. The van der Waals surface area contributed by atoms with E-state index in [0.717, 1.165) is 45.8 Å². The van der Waals surface area contributed by atoms with Gasteiger partial charge < -0.3 is 4.90 Å². The van der Waals surface area contributed by atoms with Gasteiger partial charge in [-0.15, -0.1) is 0 Å². The largest absolute Gasteiger partial charge is 0.341 e. The van der Waals surface area contributed by atoms with Gasteiger partial charge in [0.2, 0.25) is 5.91 Å². The maximum atomic E-state index is 13.0. The maximum absolute atomic E-state index is 13.0. The van der Waals surface area contributed by atoms with Gasteiger partial charge in [-0.25, -0.2) is 9.97 Å². The molecule has 0 bridgehead atoms. The van der Waals surface area contributed by atoms with Gasteiger partial charge >= 0.3 is 0 Å². The lowest BCUT2D eigenvalue weighted by molar-refractivity contribution is -0.129. The molecule has 6 heteroatoms. The molecule has 2 heterocycles. The molecule has 2 aromatic heterocycles. The predicted molar refractivity (Wildman–Crippen MR) is 125 cm³/mol. The average Bonchev–Trinajstić information content (AvgIpc) is 3.10. The van der Waals surface area contributed by atoms with Gasteiger partial charge in [-0.3, -0.25) is 9.20 Å². The fourth-order valence-electron chi connectivity index (χ4n) is 3.79. The number of nitrogens with zero attached hydrogens (tertiary/aromatic N) is 4. The monoisotopic (exact) mass is 420 g/mol. The van der Waals surface area contributed by atoms with E-state index < -0.39 is 0 Å². The van der Waals surface area contributed by atoms with E-state index in [9.17, 15) is 4.79 Å². The molecule has 0 atom stereocenters. The van der Waals surface area contributed by atoms with Crippen LogP contribution in [0.25, 0.3) is 27.6 Å². The van der Waals surface area contributed by atoms with E-state index in [1.54, 1.807) is 0 Å². The molecule has 156 valence electrons. The summed E-state index contributed by atoms with van der Waals surface area (Å²) < 4.78 is 2.09. The van der Waals surface area contributed by atoms with E-state index in [0.29, 0.717) is 17.6 Å². The van der Waals surface area contributed by atoms with Crippen molar-refractivity contribution in [1.82, 2.24) is 19.3 Å². The van der Waals surface area contributed by atoms with E-state index in [4.69, 9.17) is 9.97 Å². The summed E-state index contributed by atoms with van der Waals surface area (Å²) in [4.78, 5) is 24.8. The number of aromatic nitrogens is 3. The summed E-state index contributed by atoms with van der Waals surface area (Å²) in [6.45, 7) is 10.2. The number of carbonyl (C=O) groups excluding carboxylic acids is 1. The molecule has 5 nitrogen and oxygen atoms in total. The number of hydrogen-bond donors (Lipinski definition) is 0. The molecule has 0 aliphatic rings. The Balaban J connectivity index is 1.72. The molecule has 0 aliphatic heterocycles. The molecule has 1 amide bonds. The third-order valence-corrected chi connectivity index (χ3v) is 5.88. The van der Waals surface area contributed by atoms with Crippen LogP contribution >= 0.6 is 11.8 Å². The minimum Gasteiger partial charge on any atom is -0.341 e. The first-order chi connectivity index (χ1) is 14.4. The number of carbonyl (C=O) groups is 1. The highest BCUT2D eigenvalue weighted by Gasteiger charge is 2.19. The zero-order valence-electron chi connectivity index (χ0n) is 18.0. The zero-order chi connectivity index (χ0) is 21.3. The number of hydrogen-bond acceptors (Lipinski definition) is 4. The van der Waals surface area contributed by atoms with Gasteiger partial charge in [-0.05, 0) is 36.1 Å². The summed E-state index contributed by atoms with van der Waals surface area (Å²) in [5.41, 5.74) is 3.74. The first-order valence-electron chi connectivity index (χ1n) is 10.5. The van der Waals surface area contributed by atoms with Gasteiger partial charge in [-0.1, -0.05) is 63.7 Å². The second kappa shape index (κ2) is 8.64. The van der Waals surface area contributed by atoms with Crippen LogP contribution in [0, 0.1) is 11.8 Å². The van der Waals surface area contributed by atoms with E-state index >= 15 is 0 Å². The Morgan fingerprint density at radius 2 is 1.57 bits per heavy atom. The second-order valence-corrected chi connectivity index (χ2v) is 9.49. The second-order valence-electron chi connectivity index (χ2n) is 8.55. The Morgan fingerprint density at radius 1 is 0.933 bits per heavy atom. The number of fused-ring (bicyclic) bond motifs is 5. The van der Waals surface area contributed by atoms with Crippen LogP contribution in [0.3, 0.4) is 0 Å². The minimum absolute atomic E-state index is 0.162. The highest BCUT2D eigenvalue weighted by atomic mass is 32.2. The highest BCUT2D eigenvalue weighted by Crippen LogP contribution is 2.29. The van der Waals surface area contributed by atoms with Crippen LogP contribution < -0.4 is 0 Å². The van der Waals surface area contributed by atoms with Crippen molar-refractivity contribution in [2.45, 2.75) is 32.9 Å². The summed E-state index contributed by atoms with van der Waals surface area (Å²) in [5.74, 6) is 1.42. The Morgan fingerprint density at radius 3 is 2.27 bits per heavy atom. The quantitative estimate of drug-likeness (QED) is 0.302. The maximum Gasteiger partial charge on any atom is 0.233 e. The van der Waals surface area contributed by atoms with Crippen molar-refractivity contribution in [3.8, 4) is 0 Å². The van der Waals surface area contributed by atoms with E-state index in [-0.39, 0.29) is 5.91 Å². The van der Waals surface area contributed by atoms with E-state index in [1.807, 2.05) is 41.3 Å². The van der Waals surface area contributed by atoms with Crippen molar-refractivity contribution in [3.63, 3.8) is 0 Å². The van der Waals surface area contributed by atoms with Crippen LogP contribution in [0.2, 0.25) is 0 Å². The predicted octanol–water partition coefficient (Wildman–Crippen LogP) is 5.27. The lowest BCUT2D eigenvalue weighted by Gasteiger charge is -2.26. The number of para-hydroxylation sites is 3. The molecule has 0 saturated heterocycles. The van der Waals surface area contributed by atoms with Gasteiger partial charge in [0.25, 0.3) is 0 Å². The van der Waals surface area contributed by atoms with Crippen molar-refractivity contribution in [2.24, 2.45) is 11.8 Å². The molecule has 0 spiro atoms. The number of thioether (sulfide) groups is 1. The van der Waals surface area contributed by atoms with Crippen LogP contribution in [0.15, 0.2) is 53.7 Å². The smallest absolute Gasteiger partial charge is 0.233 e. The molecule has 0 saturated carbocycles. The number of rotatable bonds is 7. The summed E-state index contributed by atoms with van der Waals surface area (Å²) in [7, 11) is 0.